The molecule has 2 atom stereocenters. The minimum atomic E-state index is 0.684. The molecule has 0 amide bonds. The van der Waals surface area contributed by atoms with Crippen molar-refractivity contribution in [3.63, 3.8) is 0 Å². The Hall–Kier alpha value is -0.830. The molecule has 3 nitrogen and oxygen atoms in total. The van der Waals surface area contributed by atoms with Gasteiger partial charge in [-0.1, -0.05) is 6.42 Å². The lowest BCUT2D eigenvalue weighted by Gasteiger charge is -2.16. The molecule has 1 aromatic heterocycles. The second-order valence-electron chi connectivity index (χ2n) is 4.27. The molecule has 1 aromatic rings. The van der Waals surface area contributed by atoms with Gasteiger partial charge in [0.2, 0.25) is 0 Å². The van der Waals surface area contributed by atoms with Crippen LogP contribution in [0.3, 0.4) is 0 Å². The van der Waals surface area contributed by atoms with E-state index in [4.69, 9.17) is 0 Å². The van der Waals surface area contributed by atoms with Gasteiger partial charge >= 0.3 is 0 Å². The van der Waals surface area contributed by atoms with Crippen molar-refractivity contribution in [3.8, 4) is 0 Å². The van der Waals surface area contributed by atoms with Crippen molar-refractivity contribution in [2.24, 2.45) is 13.0 Å². The average molecular weight is 193 g/mol. The van der Waals surface area contributed by atoms with Crippen LogP contribution in [0.25, 0.3) is 0 Å². The largest absolute Gasteiger partial charge is 0.319 e. The predicted octanol–water partition coefficient (Wildman–Crippen LogP) is 1.52. The Balaban J connectivity index is 2.09. The number of nitrogens with one attached hydrogen (secondary N) is 1. The summed E-state index contributed by atoms with van der Waals surface area (Å²) in [6.07, 6.45) is 6.06. The lowest BCUT2D eigenvalue weighted by molar-refractivity contribution is 0.452. The van der Waals surface area contributed by atoms with Crippen molar-refractivity contribution in [1.29, 1.82) is 0 Å². The van der Waals surface area contributed by atoms with Crippen LogP contribution < -0.4 is 5.32 Å². The number of aryl methyl sites for hydroxylation is 1. The Morgan fingerprint density at radius 1 is 1.57 bits per heavy atom. The molecule has 1 heterocycles. The van der Waals surface area contributed by atoms with Crippen LogP contribution >= 0.6 is 0 Å². The summed E-state index contributed by atoms with van der Waals surface area (Å²) in [4.78, 5) is 0. The van der Waals surface area contributed by atoms with Crippen molar-refractivity contribution in [1.82, 2.24) is 15.1 Å². The van der Waals surface area contributed by atoms with Gasteiger partial charge in [-0.2, -0.15) is 5.10 Å². The summed E-state index contributed by atoms with van der Waals surface area (Å²) in [5, 5.41) is 7.80. The van der Waals surface area contributed by atoms with E-state index < -0.39 is 0 Å². The minimum absolute atomic E-state index is 0.684. The van der Waals surface area contributed by atoms with Crippen molar-refractivity contribution in [2.75, 3.05) is 13.6 Å². The third-order valence-corrected chi connectivity index (χ3v) is 3.24. The Kier molecular flexibility index (Phi) is 2.87. The molecule has 1 fully saturated rings. The van der Waals surface area contributed by atoms with Gasteiger partial charge in [0.05, 0.1) is 5.69 Å². The number of rotatable bonds is 3. The topological polar surface area (TPSA) is 29.9 Å². The average Bonchev–Trinajstić information content (AvgIpc) is 2.74. The van der Waals surface area contributed by atoms with E-state index in [0.29, 0.717) is 5.92 Å². The van der Waals surface area contributed by atoms with Crippen LogP contribution in [0.4, 0.5) is 0 Å². The molecule has 0 aromatic carbocycles. The van der Waals surface area contributed by atoms with Crippen LogP contribution in [0.1, 0.15) is 30.9 Å². The van der Waals surface area contributed by atoms with Gasteiger partial charge in [0.15, 0.2) is 0 Å². The summed E-state index contributed by atoms with van der Waals surface area (Å²) < 4.78 is 1.91. The summed E-state index contributed by atoms with van der Waals surface area (Å²) >= 11 is 0. The first-order chi connectivity index (χ1) is 6.81. The second kappa shape index (κ2) is 4.13. The van der Waals surface area contributed by atoms with Gasteiger partial charge in [0, 0.05) is 19.2 Å². The molecule has 0 spiro atoms. The van der Waals surface area contributed by atoms with Gasteiger partial charge in [-0.05, 0) is 38.4 Å². The maximum atomic E-state index is 4.51. The van der Waals surface area contributed by atoms with E-state index in [2.05, 4.69) is 16.5 Å². The summed E-state index contributed by atoms with van der Waals surface area (Å²) in [5.41, 5.74) is 1.28. The first kappa shape index (κ1) is 9.71. The van der Waals surface area contributed by atoms with Crippen molar-refractivity contribution in [2.45, 2.75) is 25.2 Å². The van der Waals surface area contributed by atoms with E-state index in [1.54, 1.807) is 0 Å². The molecule has 1 saturated carbocycles. The smallest absolute Gasteiger partial charge is 0.0658 e. The maximum absolute atomic E-state index is 4.51. The highest BCUT2D eigenvalue weighted by Crippen LogP contribution is 2.38. The molecule has 0 radical (unpaired) electrons. The first-order valence-electron chi connectivity index (χ1n) is 5.45. The summed E-state index contributed by atoms with van der Waals surface area (Å²) in [6.45, 7) is 1.13. The van der Waals surface area contributed by atoms with Crippen LogP contribution in [0.2, 0.25) is 0 Å². The van der Waals surface area contributed by atoms with E-state index in [9.17, 15) is 0 Å². The van der Waals surface area contributed by atoms with Gasteiger partial charge < -0.3 is 5.32 Å². The molecule has 78 valence electrons. The van der Waals surface area contributed by atoms with Crippen LogP contribution in [-0.4, -0.2) is 23.4 Å². The Labute approximate surface area is 85.5 Å². The quantitative estimate of drug-likeness (QED) is 0.789. The minimum Gasteiger partial charge on any atom is -0.319 e. The molecule has 0 bridgehead atoms. The SMILES string of the molecule is CNCC1CCCC1c1ccn(C)n1. The van der Waals surface area contributed by atoms with E-state index >= 15 is 0 Å². The fraction of sp³-hybridized carbons (Fsp3) is 0.727. The third kappa shape index (κ3) is 1.82. The zero-order chi connectivity index (χ0) is 9.97. The summed E-state index contributed by atoms with van der Waals surface area (Å²) in [5.74, 6) is 1.47. The standard InChI is InChI=1S/C11H19N3/c1-12-8-9-4-3-5-10(9)11-6-7-14(2)13-11/h6-7,9-10,12H,3-5,8H2,1-2H3. The van der Waals surface area contributed by atoms with Gasteiger partial charge in [-0.3, -0.25) is 4.68 Å². The van der Waals surface area contributed by atoms with Crippen LogP contribution in [-0.2, 0) is 7.05 Å². The normalized spacial score (nSPS) is 27.0. The van der Waals surface area contributed by atoms with Crippen LogP contribution in [0, 0.1) is 5.92 Å². The number of nitrogens with zero attached hydrogens (tertiary/aromatic N) is 2. The zero-order valence-electron chi connectivity index (χ0n) is 9.03. The molecule has 2 rings (SSSR count). The molecule has 3 heteroatoms. The molecule has 0 saturated heterocycles. The summed E-state index contributed by atoms with van der Waals surface area (Å²) in [7, 11) is 4.03. The maximum Gasteiger partial charge on any atom is 0.0658 e. The monoisotopic (exact) mass is 193 g/mol. The molecule has 2 unspecified atom stereocenters. The Morgan fingerprint density at radius 3 is 3.07 bits per heavy atom. The van der Waals surface area contributed by atoms with Gasteiger partial charge in [-0.25, -0.2) is 0 Å². The van der Waals surface area contributed by atoms with Crippen molar-refractivity contribution >= 4 is 0 Å². The third-order valence-electron chi connectivity index (χ3n) is 3.24. The van der Waals surface area contributed by atoms with E-state index in [0.717, 1.165) is 12.5 Å². The van der Waals surface area contributed by atoms with Crippen molar-refractivity contribution in [3.05, 3.63) is 18.0 Å². The van der Waals surface area contributed by atoms with Crippen LogP contribution in [0.15, 0.2) is 12.3 Å². The lowest BCUT2D eigenvalue weighted by atomic mass is 9.93. The summed E-state index contributed by atoms with van der Waals surface area (Å²) in [6, 6.07) is 2.17. The Morgan fingerprint density at radius 2 is 2.43 bits per heavy atom. The second-order valence-corrected chi connectivity index (χ2v) is 4.27. The molecular formula is C11H19N3. The highest BCUT2D eigenvalue weighted by Gasteiger charge is 2.29. The molecule has 0 aliphatic heterocycles. The highest BCUT2D eigenvalue weighted by molar-refractivity contribution is 5.10. The molecular weight excluding hydrogens is 174 g/mol. The fourth-order valence-corrected chi connectivity index (χ4v) is 2.56. The number of hydrogen-bond donors (Lipinski definition) is 1. The van der Waals surface area contributed by atoms with Crippen molar-refractivity contribution < 1.29 is 0 Å². The predicted molar refractivity (Wildman–Crippen MR) is 57.2 cm³/mol. The Bertz CT molecular complexity index is 292. The number of hydrogen-bond acceptors (Lipinski definition) is 2. The molecule has 14 heavy (non-hydrogen) atoms. The van der Waals surface area contributed by atoms with Gasteiger partial charge in [0.1, 0.15) is 0 Å². The van der Waals surface area contributed by atoms with Gasteiger partial charge in [0.25, 0.3) is 0 Å². The fourth-order valence-electron chi connectivity index (χ4n) is 2.56. The first-order valence-corrected chi connectivity index (χ1v) is 5.45. The molecule has 1 N–H and O–H groups in total. The van der Waals surface area contributed by atoms with E-state index in [1.165, 1.54) is 25.0 Å². The van der Waals surface area contributed by atoms with Crippen LogP contribution in [0.5, 0.6) is 0 Å². The lowest BCUT2D eigenvalue weighted by Crippen LogP contribution is -2.21. The van der Waals surface area contributed by atoms with E-state index in [-0.39, 0.29) is 0 Å². The van der Waals surface area contributed by atoms with E-state index in [1.807, 2.05) is 25.0 Å². The highest BCUT2D eigenvalue weighted by atomic mass is 15.2. The number of aromatic nitrogens is 2. The van der Waals surface area contributed by atoms with Gasteiger partial charge in [-0.15, -0.1) is 0 Å². The zero-order valence-corrected chi connectivity index (χ0v) is 9.03. The molecule has 1 aliphatic carbocycles. The molecule has 1 aliphatic rings.